The van der Waals surface area contributed by atoms with Crippen LogP contribution in [0.3, 0.4) is 0 Å². The zero-order valence-electron chi connectivity index (χ0n) is 11.2. The van der Waals surface area contributed by atoms with E-state index < -0.39 is 11.6 Å². The van der Waals surface area contributed by atoms with Gasteiger partial charge >= 0.3 is 0 Å². The third-order valence-electron chi connectivity index (χ3n) is 3.06. The molecule has 3 rings (SSSR count). The molecule has 0 fully saturated rings. The molecule has 0 spiro atoms. The third-order valence-corrected chi connectivity index (χ3v) is 3.29. The van der Waals surface area contributed by atoms with E-state index in [1.807, 2.05) is 6.07 Å². The van der Waals surface area contributed by atoms with E-state index in [2.05, 4.69) is 15.5 Å². The first-order chi connectivity index (χ1) is 10.6. The largest absolute Gasteiger partial charge is 0.278 e. The topological polar surface area (TPSA) is 37.3 Å². The molecular weight excluding hydrogens is 308 g/mol. The van der Waals surface area contributed by atoms with Crippen LogP contribution in [0.25, 0.3) is 10.9 Å². The summed E-state index contributed by atoms with van der Waals surface area (Å²) >= 11 is 5.92. The molecule has 0 atom stereocenters. The molecule has 1 aromatic heterocycles. The van der Waals surface area contributed by atoms with Gasteiger partial charge in [0.2, 0.25) is 0 Å². The quantitative estimate of drug-likeness (QED) is 0.565. The van der Waals surface area contributed by atoms with Crippen molar-refractivity contribution in [3.05, 3.63) is 70.9 Å². The van der Waals surface area contributed by atoms with Crippen LogP contribution >= 0.6 is 11.6 Å². The molecule has 1 N–H and O–H groups in total. The Morgan fingerprint density at radius 1 is 1.09 bits per heavy atom. The lowest BCUT2D eigenvalue weighted by Crippen LogP contribution is -1.95. The summed E-state index contributed by atoms with van der Waals surface area (Å²) in [5, 5.41) is 5.41. The molecule has 1 heterocycles. The first kappa shape index (κ1) is 14.4. The van der Waals surface area contributed by atoms with Gasteiger partial charge in [-0.05, 0) is 36.4 Å². The molecule has 0 radical (unpaired) electrons. The molecule has 0 aliphatic carbocycles. The summed E-state index contributed by atoms with van der Waals surface area (Å²) in [6.07, 6.45) is 2.91. The predicted octanol–water partition coefficient (Wildman–Crippen LogP) is 4.61. The van der Waals surface area contributed by atoms with Crippen molar-refractivity contribution in [1.29, 1.82) is 0 Å². The molecule has 3 nitrogen and oxygen atoms in total. The summed E-state index contributed by atoms with van der Waals surface area (Å²) in [7, 11) is 0. The van der Waals surface area contributed by atoms with E-state index in [1.165, 1.54) is 18.3 Å². The first-order valence-electron chi connectivity index (χ1n) is 6.42. The number of rotatable bonds is 3. The van der Waals surface area contributed by atoms with E-state index >= 15 is 0 Å². The monoisotopic (exact) mass is 317 g/mol. The van der Waals surface area contributed by atoms with Gasteiger partial charge < -0.3 is 0 Å². The molecule has 0 saturated carbocycles. The van der Waals surface area contributed by atoms with Crippen molar-refractivity contribution in [3.63, 3.8) is 0 Å². The van der Waals surface area contributed by atoms with Gasteiger partial charge in [0.15, 0.2) is 0 Å². The lowest BCUT2D eigenvalue weighted by atomic mass is 10.2. The van der Waals surface area contributed by atoms with Crippen LogP contribution in [0, 0.1) is 11.6 Å². The first-order valence-corrected chi connectivity index (χ1v) is 6.80. The van der Waals surface area contributed by atoms with Crippen LogP contribution in [0.5, 0.6) is 0 Å². The third kappa shape index (κ3) is 3.04. The highest BCUT2D eigenvalue weighted by molar-refractivity contribution is 6.31. The second-order valence-electron chi connectivity index (χ2n) is 4.56. The molecule has 0 bridgehead atoms. The Bertz CT molecular complexity index is 865. The van der Waals surface area contributed by atoms with Gasteiger partial charge in [-0.3, -0.25) is 10.4 Å². The lowest BCUT2D eigenvalue weighted by Gasteiger charge is -2.05. The van der Waals surface area contributed by atoms with Crippen molar-refractivity contribution in [2.24, 2.45) is 5.10 Å². The summed E-state index contributed by atoms with van der Waals surface area (Å²) in [6, 6.07) is 10.4. The van der Waals surface area contributed by atoms with Gasteiger partial charge in [0.1, 0.15) is 11.6 Å². The Labute approximate surface area is 130 Å². The van der Waals surface area contributed by atoms with Crippen LogP contribution in [-0.2, 0) is 0 Å². The fraction of sp³-hybridized carbons (Fsp3) is 0. The minimum absolute atomic E-state index is 0.190. The minimum atomic E-state index is -0.670. The molecule has 0 aliphatic rings. The predicted molar refractivity (Wildman–Crippen MR) is 84.3 cm³/mol. The molecule has 6 heteroatoms. The maximum atomic E-state index is 13.5. The van der Waals surface area contributed by atoms with Gasteiger partial charge in [-0.25, -0.2) is 8.78 Å². The number of pyridine rings is 1. The molecule has 110 valence electrons. The molecule has 0 unspecified atom stereocenters. The molecule has 0 amide bonds. The normalized spacial score (nSPS) is 11.2. The van der Waals surface area contributed by atoms with Crippen molar-refractivity contribution >= 4 is 34.4 Å². The zero-order chi connectivity index (χ0) is 15.5. The van der Waals surface area contributed by atoms with Crippen molar-refractivity contribution in [1.82, 2.24) is 4.98 Å². The summed E-state index contributed by atoms with van der Waals surface area (Å²) < 4.78 is 26.3. The molecular formula is C16H10ClF2N3. The van der Waals surface area contributed by atoms with Crippen LogP contribution in [0.15, 0.2) is 53.8 Å². The number of fused-ring (bicyclic) bond motifs is 1. The Balaban J connectivity index is 1.86. The molecule has 0 aliphatic heterocycles. The second kappa shape index (κ2) is 6.07. The smallest absolute Gasteiger partial charge is 0.134 e. The number of hydrogen-bond acceptors (Lipinski definition) is 3. The van der Waals surface area contributed by atoms with E-state index in [4.69, 9.17) is 11.6 Å². The van der Waals surface area contributed by atoms with Gasteiger partial charge in [0.25, 0.3) is 0 Å². The van der Waals surface area contributed by atoms with Crippen LogP contribution in [0.1, 0.15) is 5.56 Å². The number of nitrogens with zero attached hydrogens (tertiary/aromatic N) is 2. The Morgan fingerprint density at radius 2 is 1.95 bits per heavy atom. The number of anilines is 1. The highest BCUT2D eigenvalue weighted by atomic mass is 35.5. The minimum Gasteiger partial charge on any atom is -0.278 e. The number of benzene rings is 2. The van der Waals surface area contributed by atoms with Gasteiger partial charge in [-0.1, -0.05) is 11.6 Å². The number of aromatic nitrogens is 1. The molecule has 0 saturated heterocycles. The van der Waals surface area contributed by atoms with Crippen molar-refractivity contribution in [2.75, 3.05) is 5.43 Å². The van der Waals surface area contributed by atoms with Gasteiger partial charge in [0, 0.05) is 28.2 Å². The standard InChI is InChI=1S/C16H10ClF2N3/c17-11-2-4-13-15(5-6-20-16(13)7-11)22-21-9-10-1-3-12(18)8-14(10)19/h1-9H,(H,20,22). The van der Waals surface area contributed by atoms with Crippen molar-refractivity contribution < 1.29 is 8.78 Å². The maximum Gasteiger partial charge on any atom is 0.134 e. The average molecular weight is 318 g/mol. The summed E-state index contributed by atoms with van der Waals surface area (Å²) in [6.45, 7) is 0. The van der Waals surface area contributed by atoms with E-state index in [9.17, 15) is 8.78 Å². The number of nitrogens with one attached hydrogen (secondary N) is 1. The molecule has 22 heavy (non-hydrogen) atoms. The molecule has 2 aromatic carbocycles. The van der Waals surface area contributed by atoms with Crippen LogP contribution < -0.4 is 5.43 Å². The van der Waals surface area contributed by atoms with Gasteiger partial charge in [-0.15, -0.1) is 0 Å². The SMILES string of the molecule is Fc1ccc(C=NNc2ccnc3cc(Cl)ccc23)c(F)c1. The van der Waals surface area contributed by atoms with E-state index in [0.717, 1.165) is 17.0 Å². The highest BCUT2D eigenvalue weighted by Gasteiger charge is 2.03. The Morgan fingerprint density at radius 3 is 2.77 bits per heavy atom. The van der Waals surface area contributed by atoms with Crippen LogP contribution in [0.2, 0.25) is 5.02 Å². The van der Waals surface area contributed by atoms with Gasteiger partial charge in [0.05, 0.1) is 17.4 Å². The fourth-order valence-electron chi connectivity index (χ4n) is 2.00. The van der Waals surface area contributed by atoms with Crippen LogP contribution in [-0.4, -0.2) is 11.2 Å². The summed E-state index contributed by atoms with van der Waals surface area (Å²) in [5.41, 5.74) is 4.45. The van der Waals surface area contributed by atoms with E-state index in [0.29, 0.717) is 10.7 Å². The second-order valence-corrected chi connectivity index (χ2v) is 4.99. The number of hydrazone groups is 1. The van der Waals surface area contributed by atoms with Gasteiger partial charge in [-0.2, -0.15) is 5.10 Å². The number of halogens is 3. The average Bonchev–Trinajstić information content (AvgIpc) is 2.49. The van der Waals surface area contributed by atoms with E-state index in [1.54, 1.807) is 24.4 Å². The van der Waals surface area contributed by atoms with Crippen molar-refractivity contribution in [2.45, 2.75) is 0 Å². The maximum absolute atomic E-state index is 13.5. The van der Waals surface area contributed by atoms with Crippen molar-refractivity contribution in [3.8, 4) is 0 Å². The molecule has 3 aromatic rings. The van der Waals surface area contributed by atoms with Crippen LogP contribution in [0.4, 0.5) is 14.5 Å². The Hall–Kier alpha value is -2.53. The van der Waals surface area contributed by atoms with E-state index in [-0.39, 0.29) is 5.56 Å². The summed E-state index contributed by atoms with van der Waals surface area (Å²) in [4.78, 5) is 4.21. The summed E-state index contributed by atoms with van der Waals surface area (Å²) in [5.74, 6) is -1.29. The highest BCUT2D eigenvalue weighted by Crippen LogP contribution is 2.24. The zero-order valence-corrected chi connectivity index (χ0v) is 12.0. The fourth-order valence-corrected chi connectivity index (χ4v) is 2.16. The Kier molecular flexibility index (Phi) is 3.98. The number of hydrogen-bond donors (Lipinski definition) is 1. The lowest BCUT2D eigenvalue weighted by molar-refractivity contribution is 0.582.